The summed E-state index contributed by atoms with van der Waals surface area (Å²) in [5.74, 6) is -0.672. The first-order chi connectivity index (χ1) is 8.70. The number of carboxylic acids is 1. The van der Waals surface area contributed by atoms with Crippen LogP contribution in [0.25, 0.3) is 0 Å². The summed E-state index contributed by atoms with van der Waals surface area (Å²) in [5, 5.41) is 9.11. The highest BCUT2D eigenvalue weighted by Gasteiger charge is 2.29. The Morgan fingerprint density at radius 1 is 1.33 bits per heavy atom. The van der Waals surface area contributed by atoms with Gasteiger partial charge in [-0.05, 0) is 43.4 Å². The average Bonchev–Trinajstić information content (AvgIpc) is 2.85. The first kappa shape index (κ1) is 13.1. The second kappa shape index (κ2) is 6.01. The first-order valence-electron chi connectivity index (χ1n) is 6.75. The average molecular weight is 247 g/mol. The molecule has 1 aliphatic rings. The van der Waals surface area contributed by atoms with Gasteiger partial charge in [0.15, 0.2) is 0 Å². The Kier molecular flexibility index (Phi) is 4.37. The van der Waals surface area contributed by atoms with Crippen LogP contribution in [0.4, 0.5) is 0 Å². The van der Waals surface area contributed by atoms with E-state index in [2.05, 4.69) is 36.1 Å². The zero-order valence-corrected chi connectivity index (χ0v) is 10.9. The molecule has 0 spiro atoms. The van der Waals surface area contributed by atoms with Crippen LogP contribution in [0.3, 0.4) is 0 Å². The Bertz CT molecular complexity index is 399. The van der Waals surface area contributed by atoms with Crippen LogP contribution in [0, 0.1) is 0 Å². The van der Waals surface area contributed by atoms with Gasteiger partial charge in [0, 0.05) is 6.54 Å². The SMILES string of the molecule is CCc1ccc(CCN2CCC[C@H]2C(=O)O)cc1. The highest BCUT2D eigenvalue weighted by atomic mass is 16.4. The maximum atomic E-state index is 11.1. The molecule has 2 rings (SSSR count). The molecule has 0 radical (unpaired) electrons. The quantitative estimate of drug-likeness (QED) is 0.868. The minimum absolute atomic E-state index is 0.264. The number of benzene rings is 1. The van der Waals surface area contributed by atoms with Crippen LogP contribution >= 0.6 is 0 Å². The van der Waals surface area contributed by atoms with E-state index in [4.69, 9.17) is 5.11 Å². The lowest BCUT2D eigenvalue weighted by atomic mass is 10.1. The second-order valence-electron chi connectivity index (χ2n) is 4.95. The van der Waals surface area contributed by atoms with Gasteiger partial charge in [0.2, 0.25) is 0 Å². The molecule has 3 heteroatoms. The summed E-state index contributed by atoms with van der Waals surface area (Å²) in [4.78, 5) is 13.2. The van der Waals surface area contributed by atoms with Crippen molar-refractivity contribution >= 4 is 5.97 Å². The highest BCUT2D eigenvalue weighted by Crippen LogP contribution is 2.18. The fourth-order valence-corrected chi connectivity index (χ4v) is 2.59. The number of hydrogen-bond acceptors (Lipinski definition) is 2. The predicted octanol–water partition coefficient (Wildman–Crippen LogP) is 2.34. The number of hydrogen-bond donors (Lipinski definition) is 1. The lowest BCUT2D eigenvalue weighted by molar-refractivity contribution is -0.142. The number of carbonyl (C=O) groups is 1. The van der Waals surface area contributed by atoms with Crippen molar-refractivity contribution in [3.8, 4) is 0 Å². The van der Waals surface area contributed by atoms with Crippen LogP contribution in [0.2, 0.25) is 0 Å². The summed E-state index contributed by atoms with van der Waals surface area (Å²) in [5.41, 5.74) is 2.64. The summed E-state index contributed by atoms with van der Waals surface area (Å²) < 4.78 is 0. The van der Waals surface area contributed by atoms with Crippen LogP contribution < -0.4 is 0 Å². The van der Waals surface area contributed by atoms with Crippen molar-refractivity contribution in [2.75, 3.05) is 13.1 Å². The molecule has 1 fully saturated rings. The molecule has 1 aromatic carbocycles. The van der Waals surface area contributed by atoms with E-state index >= 15 is 0 Å². The summed E-state index contributed by atoms with van der Waals surface area (Å²) in [6.45, 7) is 3.92. The molecule has 0 unspecified atom stereocenters. The molecule has 0 amide bonds. The molecule has 0 aliphatic carbocycles. The summed E-state index contributed by atoms with van der Waals surface area (Å²) in [7, 11) is 0. The van der Waals surface area contributed by atoms with Gasteiger partial charge in [0.05, 0.1) is 0 Å². The van der Waals surface area contributed by atoms with E-state index < -0.39 is 5.97 Å². The predicted molar refractivity (Wildman–Crippen MR) is 71.8 cm³/mol. The molecule has 1 atom stereocenters. The molecular weight excluding hydrogens is 226 g/mol. The molecule has 1 aromatic rings. The molecule has 0 bridgehead atoms. The third-order valence-corrected chi connectivity index (χ3v) is 3.77. The van der Waals surface area contributed by atoms with Gasteiger partial charge in [-0.3, -0.25) is 9.69 Å². The fourth-order valence-electron chi connectivity index (χ4n) is 2.59. The van der Waals surface area contributed by atoms with Gasteiger partial charge in [0.1, 0.15) is 6.04 Å². The largest absolute Gasteiger partial charge is 0.480 e. The minimum Gasteiger partial charge on any atom is -0.480 e. The van der Waals surface area contributed by atoms with Gasteiger partial charge in [-0.25, -0.2) is 0 Å². The summed E-state index contributed by atoms with van der Waals surface area (Å²) in [6.07, 6.45) is 3.80. The van der Waals surface area contributed by atoms with E-state index in [9.17, 15) is 4.79 Å². The molecule has 1 aliphatic heterocycles. The van der Waals surface area contributed by atoms with Gasteiger partial charge in [-0.1, -0.05) is 31.2 Å². The van der Waals surface area contributed by atoms with E-state index in [1.165, 1.54) is 11.1 Å². The van der Waals surface area contributed by atoms with Gasteiger partial charge in [-0.2, -0.15) is 0 Å². The standard InChI is InChI=1S/C15H21NO2/c1-2-12-5-7-13(8-6-12)9-11-16-10-3-4-14(16)15(17)18/h5-8,14H,2-4,9-11H2,1H3,(H,17,18)/t14-/m0/s1. The minimum atomic E-state index is -0.672. The van der Waals surface area contributed by atoms with E-state index in [0.717, 1.165) is 38.8 Å². The van der Waals surface area contributed by atoms with E-state index in [-0.39, 0.29) is 6.04 Å². The van der Waals surface area contributed by atoms with E-state index in [0.29, 0.717) is 0 Å². The Morgan fingerprint density at radius 2 is 2.00 bits per heavy atom. The van der Waals surface area contributed by atoms with Crippen molar-refractivity contribution in [2.45, 2.75) is 38.6 Å². The summed E-state index contributed by atoms with van der Waals surface area (Å²) in [6, 6.07) is 8.37. The van der Waals surface area contributed by atoms with Gasteiger partial charge >= 0.3 is 5.97 Å². The smallest absolute Gasteiger partial charge is 0.320 e. The topological polar surface area (TPSA) is 40.5 Å². The third kappa shape index (κ3) is 3.10. The normalized spacial score (nSPS) is 20.2. The lowest BCUT2D eigenvalue weighted by Crippen LogP contribution is -2.37. The molecule has 1 saturated heterocycles. The van der Waals surface area contributed by atoms with Crippen LogP contribution in [-0.2, 0) is 17.6 Å². The fraction of sp³-hybridized carbons (Fsp3) is 0.533. The van der Waals surface area contributed by atoms with Crippen molar-refractivity contribution in [1.29, 1.82) is 0 Å². The van der Waals surface area contributed by atoms with Crippen molar-refractivity contribution in [2.24, 2.45) is 0 Å². The highest BCUT2D eigenvalue weighted by molar-refractivity contribution is 5.73. The van der Waals surface area contributed by atoms with Crippen molar-refractivity contribution in [1.82, 2.24) is 4.90 Å². The van der Waals surface area contributed by atoms with Gasteiger partial charge in [0.25, 0.3) is 0 Å². The number of aryl methyl sites for hydroxylation is 1. The number of rotatable bonds is 5. The molecule has 1 N–H and O–H groups in total. The van der Waals surface area contributed by atoms with Gasteiger partial charge in [-0.15, -0.1) is 0 Å². The Balaban J connectivity index is 1.88. The summed E-state index contributed by atoms with van der Waals surface area (Å²) >= 11 is 0. The van der Waals surface area contributed by atoms with Crippen molar-refractivity contribution < 1.29 is 9.90 Å². The second-order valence-corrected chi connectivity index (χ2v) is 4.95. The first-order valence-corrected chi connectivity index (χ1v) is 6.75. The van der Waals surface area contributed by atoms with Crippen molar-refractivity contribution in [3.63, 3.8) is 0 Å². The Hall–Kier alpha value is -1.35. The molecule has 0 aromatic heterocycles. The van der Waals surface area contributed by atoms with Crippen LogP contribution in [0.15, 0.2) is 24.3 Å². The van der Waals surface area contributed by atoms with Crippen molar-refractivity contribution in [3.05, 3.63) is 35.4 Å². The number of aliphatic carboxylic acids is 1. The molecule has 1 heterocycles. The molecule has 3 nitrogen and oxygen atoms in total. The molecule has 0 saturated carbocycles. The van der Waals surface area contributed by atoms with E-state index in [1.807, 2.05) is 0 Å². The number of carboxylic acid groups (broad SMARTS) is 1. The molecular formula is C15H21NO2. The third-order valence-electron chi connectivity index (χ3n) is 3.77. The van der Waals surface area contributed by atoms with Gasteiger partial charge < -0.3 is 5.11 Å². The zero-order chi connectivity index (χ0) is 13.0. The lowest BCUT2D eigenvalue weighted by Gasteiger charge is -2.20. The van der Waals surface area contributed by atoms with Crippen LogP contribution in [-0.4, -0.2) is 35.1 Å². The maximum Gasteiger partial charge on any atom is 0.320 e. The zero-order valence-electron chi connectivity index (χ0n) is 10.9. The monoisotopic (exact) mass is 247 g/mol. The molecule has 98 valence electrons. The van der Waals surface area contributed by atoms with Crippen LogP contribution in [0.1, 0.15) is 30.9 Å². The maximum absolute atomic E-state index is 11.1. The Labute approximate surface area is 108 Å². The Morgan fingerprint density at radius 3 is 2.61 bits per heavy atom. The molecule has 18 heavy (non-hydrogen) atoms. The number of likely N-dealkylation sites (tertiary alicyclic amines) is 1. The van der Waals surface area contributed by atoms with E-state index in [1.54, 1.807) is 0 Å². The number of nitrogens with zero attached hydrogens (tertiary/aromatic N) is 1. The van der Waals surface area contributed by atoms with Crippen LogP contribution in [0.5, 0.6) is 0 Å².